The Labute approximate surface area is 150 Å². The Kier molecular flexibility index (Phi) is 5.47. The molecular formula is C17H12F3N3O4. The van der Waals surface area contributed by atoms with Crippen molar-refractivity contribution < 1.29 is 28.0 Å². The zero-order valence-corrected chi connectivity index (χ0v) is 13.5. The summed E-state index contributed by atoms with van der Waals surface area (Å²) in [5.74, 6) is -1.51. The van der Waals surface area contributed by atoms with Gasteiger partial charge in [-0.3, -0.25) is 14.9 Å². The number of benzene rings is 2. The molecule has 1 amide bonds. The predicted molar refractivity (Wildman–Crippen MR) is 86.9 cm³/mol. The Hall–Kier alpha value is -3.45. The summed E-state index contributed by atoms with van der Waals surface area (Å²) in [6.45, 7) is 0. The number of nitrogens with zero attached hydrogens (tertiary/aromatic N) is 2. The number of hydrogen-bond acceptors (Lipinski definition) is 5. The number of rotatable bonds is 5. The van der Waals surface area contributed by atoms with Gasteiger partial charge in [-0.2, -0.15) is 18.4 Å². The fourth-order valence-electron chi connectivity index (χ4n) is 2.29. The largest absolute Gasteiger partial charge is 0.417 e. The Morgan fingerprint density at radius 3 is 2.37 bits per heavy atom. The molecule has 0 aliphatic rings. The zero-order chi connectivity index (χ0) is 20.2. The van der Waals surface area contributed by atoms with Gasteiger partial charge in [0.2, 0.25) is 0 Å². The Bertz CT molecular complexity index is 910. The van der Waals surface area contributed by atoms with Gasteiger partial charge in [-0.05, 0) is 23.8 Å². The average Bonchev–Trinajstić information content (AvgIpc) is 2.61. The predicted octanol–water partition coefficient (Wildman–Crippen LogP) is 2.72. The molecule has 0 aromatic heterocycles. The van der Waals surface area contributed by atoms with Crippen molar-refractivity contribution >= 4 is 11.6 Å². The van der Waals surface area contributed by atoms with Gasteiger partial charge in [0.1, 0.15) is 0 Å². The van der Waals surface area contributed by atoms with Crippen molar-refractivity contribution in [3.05, 3.63) is 75.3 Å². The van der Waals surface area contributed by atoms with Crippen molar-refractivity contribution in [1.82, 2.24) is 0 Å². The maximum absolute atomic E-state index is 13.0. The van der Waals surface area contributed by atoms with Crippen molar-refractivity contribution in [2.75, 3.05) is 5.32 Å². The number of alkyl halides is 3. The molecule has 27 heavy (non-hydrogen) atoms. The van der Waals surface area contributed by atoms with Crippen molar-refractivity contribution in [3.8, 4) is 6.07 Å². The van der Waals surface area contributed by atoms with Crippen LogP contribution < -0.4 is 5.32 Å². The Morgan fingerprint density at radius 1 is 1.22 bits per heavy atom. The van der Waals surface area contributed by atoms with Crippen LogP contribution in [0.1, 0.15) is 16.7 Å². The summed E-state index contributed by atoms with van der Waals surface area (Å²) in [6.07, 6.45) is -5.55. The van der Waals surface area contributed by atoms with Crippen LogP contribution in [0.5, 0.6) is 0 Å². The topological polar surface area (TPSA) is 116 Å². The van der Waals surface area contributed by atoms with E-state index < -0.39 is 46.0 Å². The maximum atomic E-state index is 13.0. The highest BCUT2D eigenvalue weighted by Gasteiger charge is 2.49. The smallest absolute Gasteiger partial charge is 0.323 e. The Balaban J connectivity index is 2.33. The first kappa shape index (κ1) is 19.9. The first-order valence-corrected chi connectivity index (χ1v) is 7.41. The number of halogens is 3. The highest BCUT2D eigenvalue weighted by Crippen LogP contribution is 2.33. The molecule has 0 bridgehead atoms. The lowest BCUT2D eigenvalue weighted by atomic mass is 10.0. The molecule has 0 saturated carbocycles. The fourth-order valence-corrected chi connectivity index (χ4v) is 2.29. The van der Waals surface area contributed by atoms with Crippen LogP contribution in [-0.2, 0) is 17.4 Å². The second-order valence-corrected chi connectivity index (χ2v) is 5.56. The number of carbonyl (C=O) groups is 1. The lowest BCUT2D eigenvalue weighted by Crippen LogP contribution is -2.51. The van der Waals surface area contributed by atoms with Crippen molar-refractivity contribution in [1.29, 1.82) is 5.26 Å². The zero-order valence-electron chi connectivity index (χ0n) is 13.5. The number of amides is 1. The van der Waals surface area contributed by atoms with Crippen molar-refractivity contribution in [3.63, 3.8) is 0 Å². The minimum absolute atomic E-state index is 0.280. The van der Waals surface area contributed by atoms with Gasteiger partial charge in [-0.1, -0.05) is 30.3 Å². The number of nitriles is 1. The molecule has 2 N–H and O–H groups in total. The van der Waals surface area contributed by atoms with E-state index in [1.165, 1.54) is 18.2 Å². The van der Waals surface area contributed by atoms with Gasteiger partial charge in [0.05, 0.1) is 28.5 Å². The molecule has 0 radical (unpaired) electrons. The highest BCUT2D eigenvalue weighted by atomic mass is 19.4. The molecule has 2 aromatic carbocycles. The molecule has 0 saturated heterocycles. The van der Waals surface area contributed by atoms with Crippen LogP contribution in [0.2, 0.25) is 0 Å². The van der Waals surface area contributed by atoms with E-state index in [-0.39, 0.29) is 5.56 Å². The lowest BCUT2D eigenvalue weighted by molar-refractivity contribution is -0.603. The van der Waals surface area contributed by atoms with Gasteiger partial charge in [-0.15, -0.1) is 0 Å². The van der Waals surface area contributed by atoms with Crippen LogP contribution >= 0.6 is 0 Å². The second kappa shape index (κ2) is 7.43. The third kappa shape index (κ3) is 4.39. The van der Waals surface area contributed by atoms with Crippen LogP contribution in [0.4, 0.5) is 18.9 Å². The average molecular weight is 379 g/mol. The molecule has 0 fully saturated rings. The number of carbonyl (C=O) groups excluding carboxylic acids is 1. The minimum atomic E-state index is -4.87. The molecule has 2 aromatic rings. The number of anilines is 1. The van der Waals surface area contributed by atoms with Crippen LogP contribution in [0.15, 0.2) is 48.5 Å². The maximum Gasteiger partial charge on any atom is 0.417 e. The van der Waals surface area contributed by atoms with Crippen molar-refractivity contribution in [2.24, 2.45) is 0 Å². The molecule has 0 aliphatic heterocycles. The van der Waals surface area contributed by atoms with Gasteiger partial charge >= 0.3 is 17.8 Å². The third-order valence-electron chi connectivity index (χ3n) is 3.66. The molecule has 2 rings (SSSR count). The van der Waals surface area contributed by atoms with E-state index in [0.717, 1.165) is 12.1 Å². The Morgan fingerprint density at radius 2 is 1.85 bits per heavy atom. The minimum Gasteiger partial charge on any atom is -0.323 e. The third-order valence-corrected chi connectivity index (χ3v) is 3.66. The summed E-state index contributed by atoms with van der Waals surface area (Å²) in [6, 6.07) is 11.3. The first-order valence-electron chi connectivity index (χ1n) is 7.41. The first-order chi connectivity index (χ1) is 12.6. The van der Waals surface area contributed by atoms with E-state index in [4.69, 9.17) is 5.26 Å². The van der Waals surface area contributed by atoms with E-state index in [2.05, 4.69) is 0 Å². The van der Waals surface area contributed by atoms with Gasteiger partial charge in [0.25, 0.3) is 0 Å². The number of aliphatic hydroxyl groups is 1. The molecule has 1 unspecified atom stereocenters. The van der Waals surface area contributed by atoms with Crippen LogP contribution in [0.3, 0.4) is 0 Å². The quantitative estimate of drug-likeness (QED) is 0.471. The van der Waals surface area contributed by atoms with Gasteiger partial charge < -0.3 is 10.4 Å². The summed E-state index contributed by atoms with van der Waals surface area (Å²) in [7, 11) is 0. The number of nitro groups is 1. The number of hydrogen-bond donors (Lipinski definition) is 2. The highest BCUT2D eigenvalue weighted by molar-refractivity contribution is 5.96. The molecule has 7 nitrogen and oxygen atoms in total. The SMILES string of the molecule is N#Cc1ccc(NC(=O)C(O)(Cc2ccccc2)[N+](=O)[O-])cc1C(F)(F)F. The molecule has 1 atom stereocenters. The van der Waals surface area contributed by atoms with Crippen molar-refractivity contribution in [2.45, 2.75) is 18.3 Å². The van der Waals surface area contributed by atoms with E-state index in [0.29, 0.717) is 6.07 Å². The van der Waals surface area contributed by atoms with Crippen LogP contribution in [-0.4, -0.2) is 21.7 Å². The van der Waals surface area contributed by atoms with E-state index in [1.54, 1.807) is 18.2 Å². The van der Waals surface area contributed by atoms with Crippen LogP contribution in [0, 0.1) is 21.4 Å². The monoisotopic (exact) mass is 379 g/mol. The number of nitrogens with one attached hydrogen (secondary N) is 1. The summed E-state index contributed by atoms with van der Waals surface area (Å²) in [5.41, 5.74) is -5.24. The van der Waals surface area contributed by atoms with Gasteiger partial charge in [0, 0.05) is 5.69 Å². The van der Waals surface area contributed by atoms with E-state index >= 15 is 0 Å². The molecular weight excluding hydrogens is 367 g/mol. The van der Waals surface area contributed by atoms with Gasteiger partial charge in [0.15, 0.2) is 0 Å². The summed E-state index contributed by atoms with van der Waals surface area (Å²) in [4.78, 5) is 22.3. The molecule has 0 spiro atoms. The molecule has 10 heteroatoms. The summed E-state index contributed by atoms with van der Waals surface area (Å²) < 4.78 is 38.9. The molecule has 0 heterocycles. The van der Waals surface area contributed by atoms with Crippen LogP contribution in [0.25, 0.3) is 0 Å². The van der Waals surface area contributed by atoms with E-state index in [9.17, 15) is 33.2 Å². The van der Waals surface area contributed by atoms with E-state index in [1.807, 2.05) is 5.32 Å². The normalized spacial score (nSPS) is 13.3. The molecule has 140 valence electrons. The second-order valence-electron chi connectivity index (χ2n) is 5.56. The molecule has 0 aliphatic carbocycles. The van der Waals surface area contributed by atoms with Gasteiger partial charge in [-0.25, -0.2) is 0 Å². The standard InChI is InChI=1S/C17H12F3N3O4/c18-17(19,20)14-8-13(7-6-12(14)10-21)22-15(24)16(25,23(26)27)9-11-4-2-1-3-5-11/h1-8,25H,9H2,(H,22,24). The lowest BCUT2D eigenvalue weighted by Gasteiger charge is -2.19. The summed E-state index contributed by atoms with van der Waals surface area (Å²) >= 11 is 0. The fraction of sp³-hybridized carbons (Fsp3) is 0.176. The summed E-state index contributed by atoms with van der Waals surface area (Å²) in [5, 5.41) is 32.1.